The van der Waals surface area contributed by atoms with Crippen LogP contribution in [0.3, 0.4) is 0 Å². The second kappa shape index (κ2) is 5.54. The summed E-state index contributed by atoms with van der Waals surface area (Å²) in [6.07, 6.45) is 5.36. The number of anilines is 2. The largest absolute Gasteiger partial charge is 0.396 e. The molecule has 1 unspecified atom stereocenters. The Morgan fingerprint density at radius 3 is 2.75 bits per heavy atom. The molecule has 0 radical (unpaired) electrons. The van der Waals surface area contributed by atoms with Crippen LogP contribution in [0, 0.1) is 0 Å². The molecule has 1 heterocycles. The molecule has 0 spiro atoms. The van der Waals surface area contributed by atoms with E-state index in [9.17, 15) is 8.42 Å². The molecule has 7 heteroatoms. The first-order valence-corrected chi connectivity index (χ1v) is 8.17. The second-order valence-electron chi connectivity index (χ2n) is 4.57. The van der Waals surface area contributed by atoms with Gasteiger partial charge in [-0.25, -0.2) is 13.4 Å². The highest BCUT2D eigenvalue weighted by atomic mass is 32.2. The molecule has 1 atom stereocenters. The molecule has 1 aromatic heterocycles. The molecule has 0 saturated heterocycles. The number of aromatic nitrogens is 2. The van der Waals surface area contributed by atoms with Crippen LogP contribution in [-0.4, -0.2) is 24.6 Å². The molecule has 0 bridgehead atoms. The lowest BCUT2D eigenvalue weighted by Crippen LogP contribution is -2.14. The lowest BCUT2D eigenvalue weighted by atomic mass is 10.2. The van der Waals surface area contributed by atoms with Gasteiger partial charge < -0.3 is 16.0 Å². The fourth-order valence-electron chi connectivity index (χ4n) is 2.01. The summed E-state index contributed by atoms with van der Waals surface area (Å²) in [5.74, 6) is 0.789. The summed E-state index contributed by atoms with van der Waals surface area (Å²) in [7, 11) is -3.34. The summed E-state index contributed by atoms with van der Waals surface area (Å²) >= 11 is 0. The number of nitrogens with two attached hydrogens (primary N) is 1. The van der Waals surface area contributed by atoms with E-state index in [2.05, 4.69) is 15.3 Å². The molecule has 2 aromatic rings. The van der Waals surface area contributed by atoms with Crippen molar-refractivity contribution >= 4 is 21.2 Å². The highest BCUT2D eigenvalue weighted by molar-refractivity contribution is 7.90. The molecule has 0 fully saturated rings. The summed E-state index contributed by atoms with van der Waals surface area (Å²) in [6, 6.07) is 4.88. The zero-order valence-electron chi connectivity index (χ0n) is 11.4. The lowest BCUT2D eigenvalue weighted by Gasteiger charge is -2.18. The molecular weight excluding hydrogens is 276 g/mol. The summed E-state index contributed by atoms with van der Waals surface area (Å²) in [5, 5.41) is 3.23. The monoisotopic (exact) mass is 294 g/mol. The maximum Gasteiger partial charge on any atom is 0.177 e. The summed E-state index contributed by atoms with van der Waals surface area (Å²) in [5.41, 5.74) is 6.78. The van der Waals surface area contributed by atoms with Crippen molar-refractivity contribution in [3.63, 3.8) is 0 Å². The summed E-state index contributed by atoms with van der Waals surface area (Å²) in [4.78, 5) is 7.38. The van der Waals surface area contributed by atoms with E-state index in [1.165, 1.54) is 6.07 Å². The van der Waals surface area contributed by atoms with E-state index in [0.29, 0.717) is 5.69 Å². The van der Waals surface area contributed by atoms with E-state index in [0.717, 1.165) is 18.5 Å². The molecular formula is C13H18N4O2S. The van der Waals surface area contributed by atoms with Gasteiger partial charge in [-0.3, -0.25) is 0 Å². The van der Waals surface area contributed by atoms with E-state index >= 15 is 0 Å². The zero-order valence-corrected chi connectivity index (χ0v) is 12.2. The SMILES string of the molecule is CCC(Nc1cccc(S(C)(=O)=O)c1N)c1ncc[nH]1. The van der Waals surface area contributed by atoms with Crippen LogP contribution in [-0.2, 0) is 9.84 Å². The fraction of sp³-hybridized carbons (Fsp3) is 0.308. The summed E-state index contributed by atoms with van der Waals surface area (Å²) < 4.78 is 23.3. The molecule has 108 valence electrons. The van der Waals surface area contributed by atoms with Crippen molar-refractivity contribution in [1.82, 2.24) is 9.97 Å². The van der Waals surface area contributed by atoms with Crippen LogP contribution in [0.25, 0.3) is 0 Å². The predicted octanol–water partition coefficient (Wildman–Crippen LogP) is 1.96. The average molecular weight is 294 g/mol. The first kappa shape index (κ1) is 14.4. The topological polar surface area (TPSA) is 101 Å². The first-order chi connectivity index (χ1) is 9.43. The maximum atomic E-state index is 11.7. The molecule has 20 heavy (non-hydrogen) atoms. The van der Waals surface area contributed by atoms with E-state index < -0.39 is 9.84 Å². The van der Waals surface area contributed by atoms with Crippen molar-refractivity contribution in [2.24, 2.45) is 0 Å². The standard InChI is InChI=1S/C13H18N4O2S/c1-3-9(13-15-7-8-16-13)17-10-5-4-6-11(12(10)14)20(2,18)19/h4-9,17H,3,14H2,1-2H3,(H,15,16). The molecule has 0 amide bonds. The normalized spacial score (nSPS) is 13.1. The number of sulfone groups is 1. The van der Waals surface area contributed by atoms with Gasteiger partial charge in [-0.1, -0.05) is 13.0 Å². The van der Waals surface area contributed by atoms with Crippen LogP contribution >= 0.6 is 0 Å². The number of para-hydroxylation sites is 1. The Morgan fingerprint density at radius 2 is 2.20 bits per heavy atom. The van der Waals surface area contributed by atoms with Crippen molar-refractivity contribution in [2.75, 3.05) is 17.3 Å². The van der Waals surface area contributed by atoms with Gasteiger partial charge >= 0.3 is 0 Å². The Labute approximate surface area is 118 Å². The maximum absolute atomic E-state index is 11.7. The predicted molar refractivity (Wildman–Crippen MR) is 79.2 cm³/mol. The van der Waals surface area contributed by atoms with Gasteiger partial charge in [-0.05, 0) is 18.6 Å². The van der Waals surface area contributed by atoms with Gasteiger partial charge in [-0.2, -0.15) is 0 Å². The van der Waals surface area contributed by atoms with Crippen molar-refractivity contribution in [1.29, 1.82) is 0 Å². The Bertz CT molecular complexity index is 680. The minimum Gasteiger partial charge on any atom is -0.396 e. The molecule has 1 aromatic carbocycles. The van der Waals surface area contributed by atoms with Gasteiger partial charge in [0.05, 0.1) is 22.3 Å². The third-order valence-corrected chi connectivity index (χ3v) is 4.21. The molecule has 0 aliphatic carbocycles. The summed E-state index contributed by atoms with van der Waals surface area (Å²) in [6.45, 7) is 2.01. The number of benzene rings is 1. The van der Waals surface area contributed by atoms with Crippen LogP contribution in [0.4, 0.5) is 11.4 Å². The highest BCUT2D eigenvalue weighted by Gasteiger charge is 2.17. The van der Waals surface area contributed by atoms with Crippen molar-refractivity contribution < 1.29 is 8.42 Å². The number of aromatic amines is 1. The molecule has 0 aliphatic heterocycles. The van der Waals surface area contributed by atoms with E-state index in [4.69, 9.17) is 5.73 Å². The Balaban J connectivity index is 2.35. The van der Waals surface area contributed by atoms with E-state index in [1.807, 2.05) is 6.92 Å². The number of nitrogens with zero attached hydrogens (tertiary/aromatic N) is 1. The van der Waals surface area contributed by atoms with Crippen LogP contribution in [0.5, 0.6) is 0 Å². The van der Waals surface area contributed by atoms with Gasteiger partial charge in [-0.15, -0.1) is 0 Å². The van der Waals surface area contributed by atoms with Gasteiger partial charge in [0.1, 0.15) is 5.82 Å². The van der Waals surface area contributed by atoms with E-state index in [1.54, 1.807) is 24.5 Å². The quantitative estimate of drug-likeness (QED) is 0.732. The minimum absolute atomic E-state index is 0.0536. The number of nitrogens with one attached hydrogen (secondary N) is 2. The molecule has 4 N–H and O–H groups in total. The second-order valence-corrected chi connectivity index (χ2v) is 6.55. The molecule has 0 aliphatic rings. The number of hydrogen-bond donors (Lipinski definition) is 3. The van der Waals surface area contributed by atoms with Gasteiger partial charge in [0, 0.05) is 18.6 Å². The third-order valence-electron chi connectivity index (χ3n) is 3.05. The number of imidazole rings is 1. The van der Waals surface area contributed by atoms with Crippen molar-refractivity contribution in [3.8, 4) is 0 Å². The van der Waals surface area contributed by atoms with Crippen LogP contribution in [0.1, 0.15) is 25.2 Å². The number of nitrogen functional groups attached to an aromatic ring is 1. The average Bonchev–Trinajstić information content (AvgIpc) is 2.90. The third kappa shape index (κ3) is 2.93. The van der Waals surface area contributed by atoms with Gasteiger partial charge in [0.2, 0.25) is 0 Å². The van der Waals surface area contributed by atoms with Crippen LogP contribution < -0.4 is 11.1 Å². The molecule has 2 rings (SSSR count). The highest BCUT2D eigenvalue weighted by Crippen LogP contribution is 2.29. The smallest absolute Gasteiger partial charge is 0.177 e. The van der Waals surface area contributed by atoms with Crippen molar-refractivity contribution in [2.45, 2.75) is 24.3 Å². The lowest BCUT2D eigenvalue weighted by molar-refractivity contribution is 0.602. The number of H-pyrrole nitrogens is 1. The Morgan fingerprint density at radius 1 is 1.45 bits per heavy atom. The Kier molecular flexibility index (Phi) is 3.99. The van der Waals surface area contributed by atoms with Gasteiger partial charge in [0.25, 0.3) is 0 Å². The van der Waals surface area contributed by atoms with Crippen molar-refractivity contribution in [3.05, 3.63) is 36.4 Å². The van der Waals surface area contributed by atoms with Gasteiger partial charge in [0.15, 0.2) is 9.84 Å². The zero-order chi connectivity index (χ0) is 14.8. The van der Waals surface area contributed by atoms with E-state index in [-0.39, 0.29) is 16.6 Å². The van der Waals surface area contributed by atoms with Crippen LogP contribution in [0.15, 0.2) is 35.5 Å². The number of rotatable bonds is 5. The minimum atomic E-state index is -3.34. The van der Waals surface area contributed by atoms with Crippen LogP contribution in [0.2, 0.25) is 0 Å². The first-order valence-electron chi connectivity index (χ1n) is 6.27. The molecule has 6 nitrogen and oxygen atoms in total. The Hall–Kier alpha value is -2.02. The number of hydrogen-bond acceptors (Lipinski definition) is 5. The molecule has 0 saturated carbocycles. The fourth-order valence-corrected chi connectivity index (χ4v) is 2.85.